The Balaban J connectivity index is 0.00000112. The minimum absolute atomic E-state index is 0. The zero-order chi connectivity index (χ0) is 9.97. The second-order valence-electron chi connectivity index (χ2n) is 3.89. The Morgan fingerprint density at radius 3 is 2.47 bits per heavy atom. The second kappa shape index (κ2) is 5.33. The molecule has 0 spiro atoms. The van der Waals surface area contributed by atoms with Gasteiger partial charge >= 0.3 is 0 Å². The molecule has 15 heavy (non-hydrogen) atoms. The molecule has 1 aliphatic rings. The first kappa shape index (κ1) is 12.3. The molecular weight excluding hydrogens is 252 g/mol. The van der Waals surface area contributed by atoms with Gasteiger partial charge in [-0.3, -0.25) is 4.90 Å². The summed E-state index contributed by atoms with van der Waals surface area (Å²) < 4.78 is 0. The normalized spacial score (nSPS) is 24.0. The van der Waals surface area contributed by atoms with Gasteiger partial charge in [0.25, 0.3) is 0 Å². The summed E-state index contributed by atoms with van der Waals surface area (Å²) in [5, 5.41) is 0. The molecule has 2 atom stereocenters. The lowest BCUT2D eigenvalue weighted by Gasteiger charge is -2.22. The number of quaternary nitrogens is 1. The predicted octanol–water partition coefficient (Wildman–Crippen LogP) is -2.16. The van der Waals surface area contributed by atoms with E-state index in [2.05, 4.69) is 61.6 Å². The number of hydrogen-bond acceptors (Lipinski definition) is 1. The lowest BCUT2D eigenvalue weighted by Crippen LogP contribution is -3.07. The molecule has 0 aliphatic carbocycles. The summed E-state index contributed by atoms with van der Waals surface area (Å²) in [6.45, 7) is 3.26. The van der Waals surface area contributed by atoms with E-state index in [-0.39, 0.29) is 17.0 Å². The Morgan fingerprint density at radius 1 is 1.27 bits per heavy atom. The van der Waals surface area contributed by atoms with Crippen LogP contribution in [0, 0.1) is 0 Å². The highest BCUT2D eigenvalue weighted by molar-refractivity contribution is 5.15. The number of nitrogens with zero attached hydrogens (tertiary/aromatic N) is 1. The third kappa shape index (κ3) is 2.83. The van der Waals surface area contributed by atoms with Gasteiger partial charge in [0, 0.05) is 13.5 Å². The van der Waals surface area contributed by atoms with Gasteiger partial charge in [0.15, 0.2) is 6.17 Å². The molecule has 0 saturated heterocycles. The number of rotatable bonds is 2. The summed E-state index contributed by atoms with van der Waals surface area (Å²) in [5.41, 5.74) is 1.37. The van der Waals surface area contributed by atoms with Crippen molar-refractivity contribution in [3.05, 3.63) is 48.3 Å². The fourth-order valence-corrected chi connectivity index (χ4v) is 1.73. The average Bonchev–Trinajstić information content (AvgIpc) is 2.52. The van der Waals surface area contributed by atoms with Gasteiger partial charge < -0.3 is 21.9 Å². The van der Waals surface area contributed by atoms with Crippen LogP contribution in [-0.2, 0) is 6.54 Å². The van der Waals surface area contributed by atoms with Crippen LogP contribution >= 0.6 is 0 Å². The first-order valence-corrected chi connectivity index (χ1v) is 5.08. The number of benzene rings is 1. The average molecular weight is 269 g/mol. The molecular formula is C12H17BrN2. The maximum absolute atomic E-state index is 2.37. The zero-order valence-corrected chi connectivity index (χ0v) is 10.7. The monoisotopic (exact) mass is 268 g/mol. The first-order chi connectivity index (χ1) is 6.77. The van der Waals surface area contributed by atoms with Gasteiger partial charge in [0.05, 0.1) is 13.2 Å². The first-order valence-electron chi connectivity index (χ1n) is 5.08. The van der Waals surface area contributed by atoms with Crippen LogP contribution in [-0.4, -0.2) is 18.1 Å². The van der Waals surface area contributed by atoms with Crippen LogP contribution in [0.4, 0.5) is 0 Å². The highest BCUT2D eigenvalue weighted by atomic mass is 79.9. The van der Waals surface area contributed by atoms with E-state index >= 15 is 0 Å². The zero-order valence-electron chi connectivity index (χ0n) is 9.15. The lowest BCUT2D eigenvalue weighted by molar-refractivity contribution is -0.854. The van der Waals surface area contributed by atoms with Crippen LogP contribution in [0.15, 0.2) is 42.7 Å². The van der Waals surface area contributed by atoms with E-state index in [1.54, 1.807) is 0 Å². The van der Waals surface area contributed by atoms with Crippen molar-refractivity contribution in [2.75, 3.05) is 7.05 Å². The van der Waals surface area contributed by atoms with E-state index in [1.807, 2.05) is 0 Å². The van der Waals surface area contributed by atoms with E-state index in [0.717, 1.165) is 6.54 Å². The molecule has 0 bridgehead atoms. The van der Waals surface area contributed by atoms with Gasteiger partial charge in [0.2, 0.25) is 0 Å². The van der Waals surface area contributed by atoms with Crippen LogP contribution in [0.1, 0.15) is 12.5 Å². The summed E-state index contributed by atoms with van der Waals surface area (Å²) in [6.07, 6.45) is 4.94. The highest BCUT2D eigenvalue weighted by Crippen LogP contribution is 2.07. The molecule has 82 valence electrons. The molecule has 0 saturated carbocycles. The van der Waals surface area contributed by atoms with Gasteiger partial charge in [-0.25, -0.2) is 0 Å². The van der Waals surface area contributed by atoms with Crippen LogP contribution in [0.5, 0.6) is 0 Å². The summed E-state index contributed by atoms with van der Waals surface area (Å²) in [5.74, 6) is 0. The molecule has 0 radical (unpaired) electrons. The number of nitrogens with one attached hydrogen (secondary N) is 1. The van der Waals surface area contributed by atoms with E-state index in [9.17, 15) is 0 Å². The van der Waals surface area contributed by atoms with Crippen molar-refractivity contribution in [2.45, 2.75) is 19.6 Å². The van der Waals surface area contributed by atoms with Gasteiger partial charge in [-0.05, 0) is 5.56 Å². The van der Waals surface area contributed by atoms with Crippen molar-refractivity contribution in [1.82, 2.24) is 4.90 Å². The van der Waals surface area contributed by atoms with Crippen molar-refractivity contribution < 1.29 is 21.9 Å². The van der Waals surface area contributed by atoms with E-state index in [4.69, 9.17) is 0 Å². The predicted molar refractivity (Wildman–Crippen MR) is 57.5 cm³/mol. The fourth-order valence-electron chi connectivity index (χ4n) is 1.73. The molecule has 0 amide bonds. The topological polar surface area (TPSA) is 7.68 Å². The summed E-state index contributed by atoms with van der Waals surface area (Å²) in [6, 6.07) is 10.6. The molecule has 1 aromatic carbocycles. The standard InChI is InChI=1S/C12H16N2.BrH/c1-11-13(2)8-9-14(11)10-12-6-4-3-5-7-12;/h3-9,11H,10H2,1-2H3;1H. The fraction of sp³-hybridized carbons (Fsp3) is 0.333. The molecule has 1 aliphatic heterocycles. The molecule has 3 heteroatoms. The Bertz CT molecular complexity index is 324. The smallest absolute Gasteiger partial charge is 0.164 e. The number of hydrogen-bond donors (Lipinski definition) is 1. The third-order valence-corrected chi connectivity index (χ3v) is 2.89. The third-order valence-electron chi connectivity index (χ3n) is 2.89. The Hall–Kier alpha value is -0.800. The van der Waals surface area contributed by atoms with Crippen LogP contribution in [0.2, 0.25) is 0 Å². The molecule has 1 heterocycles. The summed E-state index contributed by atoms with van der Waals surface area (Å²) in [4.78, 5) is 3.81. The molecule has 1 aromatic rings. The second-order valence-corrected chi connectivity index (χ2v) is 3.89. The van der Waals surface area contributed by atoms with Crippen molar-refractivity contribution in [1.29, 1.82) is 0 Å². The maximum atomic E-state index is 2.37. The SMILES string of the molecule is CC1N(Cc2ccccc2)C=C[NH+]1C.[Br-]. The maximum Gasteiger partial charge on any atom is 0.164 e. The Kier molecular flexibility index (Phi) is 4.36. The highest BCUT2D eigenvalue weighted by Gasteiger charge is 2.22. The number of halogens is 1. The van der Waals surface area contributed by atoms with Gasteiger partial charge in [-0.2, -0.15) is 0 Å². The van der Waals surface area contributed by atoms with Crippen molar-refractivity contribution in [3.63, 3.8) is 0 Å². The molecule has 0 fully saturated rings. The lowest BCUT2D eigenvalue weighted by atomic mass is 10.2. The van der Waals surface area contributed by atoms with Gasteiger partial charge in [-0.15, -0.1) is 0 Å². The molecule has 2 unspecified atom stereocenters. The minimum Gasteiger partial charge on any atom is -1.00 e. The van der Waals surface area contributed by atoms with Crippen LogP contribution in [0.3, 0.4) is 0 Å². The van der Waals surface area contributed by atoms with E-state index < -0.39 is 0 Å². The summed E-state index contributed by atoms with van der Waals surface area (Å²) in [7, 11) is 2.19. The largest absolute Gasteiger partial charge is 1.00 e. The van der Waals surface area contributed by atoms with Crippen molar-refractivity contribution >= 4 is 0 Å². The Labute approximate surface area is 102 Å². The van der Waals surface area contributed by atoms with Gasteiger partial charge in [-0.1, -0.05) is 30.3 Å². The van der Waals surface area contributed by atoms with Gasteiger partial charge in [0.1, 0.15) is 6.20 Å². The molecule has 0 aromatic heterocycles. The Morgan fingerprint density at radius 2 is 1.93 bits per heavy atom. The molecule has 1 N–H and O–H groups in total. The van der Waals surface area contributed by atoms with Crippen LogP contribution < -0.4 is 21.9 Å². The molecule has 2 nitrogen and oxygen atoms in total. The van der Waals surface area contributed by atoms with Crippen molar-refractivity contribution in [3.8, 4) is 0 Å². The summed E-state index contributed by atoms with van der Waals surface area (Å²) >= 11 is 0. The van der Waals surface area contributed by atoms with E-state index in [1.165, 1.54) is 10.5 Å². The van der Waals surface area contributed by atoms with Crippen molar-refractivity contribution in [2.24, 2.45) is 0 Å². The molecule has 2 rings (SSSR count). The van der Waals surface area contributed by atoms with E-state index in [0.29, 0.717) is 6.17 Å². The quantitative estimate of drug-likeness (QED) is 0.642. The minimum atomic E-state index is 0. The van der Waals surface area contributed by atoms with Crippen LogP contribution in [0.25, 0.3) is 0 Å².